The van der Waals surface area contributed by atoms with Crippen LogP contribution in [-0.2, 0) is 5.41 Å². The van der Waals surface area contributed by atoms with Crippen LogP contribution in [0.4, 0.5) is 0 Å². The lowest BCUT2D eigenvalue weighted by atomic mass is 9.93. The molecule has 0 unspecified atom stereocenters. The fraction of sp³-hybridized carbons (Fsp3) is 0.400. The Labute approximate surface area is 81.8 Å². The summed E-state index contributed by atoms with van der Waals surface area (Å²) in [5.74, 6) is 0. The minimum atomic E-state index is 0.169. The number of pyridine rings is 1. The van der Waals surface area contributed by atoms with E-state index in [0.29, 0.717) is 0 Å². The smallest absolute Gasteiger partial charge is 0.173 e. The molecule has 2 heterocycles. The van der Waals surface area contributed by atoms with Gasteiger partial charge in [0, 0.05) is 16.5 Å². The van der Waals surface area contributed by atoms with Gasteiger partial charge in [0.2, 0.25) is 0 Å². The van der Waals surface area contributed by atoms with Gasteiger partial charge in [0.25, 0.3) is 0 Å². The molecule has 0 aliphatic heterocycles. The van der Waals surface area contributed by atoms with Gasteiger partial charge >= 0.3 is 0 Å². The number of hydrogen-bond donors (Lipinski definition) is 0. The Kier molecular flexibility index (Phi) is 1.84. The van der Waals surface area contributed by atoms with Gasteiger partial charge in [-0.05, 0) is 29.1 Å². The summed E-state index contributed by atoms with van der Waals surface area (Å²) in [5, 5.41) is 1.19. The van der Waals surface area contributed by atoms with Crippen LogP contribution in [-0.4, -0.2) is 9.36 Å². The highest BCUT2D eigenvalue weighted by atomic mass is 32.1. The first kappa shape index (κ1) is 8.63. The van der Waals surface area contributed by atoms with Crippen LogP contribution in [0.25, 0.3) is 11.0 Å². The molecule has 68 valence electrons. The first-order valence-electron chi connectivity index (χ1n) is 4.30. The average Bonchev–Trinajstić information content (AvgIpc) is 2.45. The van der Waals surface area contributed by atoms with Crippen LogP contribution in [0.15, 0.2) is 18.3 Å². The molecule has 13 heavy (non-hydrogen) atoms. The fourth-order valence-electron chi connectivity index (χ4n) is 1.33. The van der Waals surface area contributed by atoms with Crippen molar-refractivity contribution in [3.05, 3.63) is 23.2 Å². The summed E-state index contributed by atoms with van der Waals surface area (Å²) in [5.41, 5.74) is 1.04. The van der Waals surface area contributed by atoms with E-state index in [1.807, 2.05) is 6.07 Å². The monoisotopic (exact) mass is 192 g/mol. The average molecular weight is 192 g/mol. The Morgan fingerprint density at radius 1 is 1.31 bits per heavy atom. The van der Waals surface area contributed by atoms with E-state index in [1.54, 1.807) is 17.7 Å². The van der Waals surface area contributed by atoms with E-state index in [0.717, 1.165) is 5.65 Å². The lowest BCUT2D eigenvalue weighted by Gasteiger charge is -2.15. The highest BCUT2D eigenvalue weighted by Crippen LogP contribution is 2.32. The largest absolute Gasteiger partial charge is 0.236 e. The van der Waals surface area contributed by atoms with E-state index >= 15 is 0 Å². The van der Waals surface area contributed by atoms with Gasteiger partial charge in [-0.25, -0.2) is 4.98 Å². The highest BCUT2D eigenvalue weighted by molar-refractivity contribution is 7.07. The van der Waals surface area contributed by atoms with Gasteiger partial charge in [0.05, 0.1) is 0 Å². The van der Waals surface area contributed by atoms with Crippen LogP contribution in [0.2, 0.25) is 0 Å². The van der Waals surface area contributed by atoms with E-state index in [1.165, 1.54) is 10.3 Å². The lowest BCUT2D eigenvalue weighted by molar-refractivity contribution is 0.608. The molecule has 0 radical (unpaired) electrons. The highest BCUT2D eigenvalue weighted by Gasteiger charge is 2.19. The summed E-state index contributed by atoms with van der Waals surface area (Å²) in [6, 6.07) is 4.05. The maximum Gasteiger partial charge on any atom is 0.173 e. The Morgan fingerprint density at radius 2 is 2.08 bits per heavy atom. The van der Waals surface area contributed by atoms with Gasteiger partial charge in [-0.1, -0.05) is 20.8 Å². The molecule has 0 aliphatic carbocycles. The first-order valence-corrected chi connectivity index (χ1v) is 5.07. The van der Waals surface area contributed by atoms with Crippen molar-refractivity contribution in [2.75, 3.05) is 0 Å². The molecule has 0 aliphatic rings. The molecular formula is C10H12N2S. The molecule has 0 amide bonds. The van der Waals surface area contributed by atoms with Crippen LogP contribution in [0, 0.1) is 0 Å². The maximum absolute atomic E-state index is 4.32. The molecule has 0 fully saturated rings. The summed E-state index contributed by atoms with van der Waals surface area (Å²) in [6.07, 6.45) is 1.79. The molecule has 0 spiro atoms. The van der Waals surface area contributed by atoms with Gasteiger partial charge in [-0.15, -0.1) is 0 Å². The third-order valence-corrected chi connectivity index (χ3v) is 3.21. The Hall–Kier alpha value is -0.960. The van der Waals surface area contributed by atoms with Crippen molar-refractivity contribution in [2.24, 2.45) is 0 Å². The lowest BCUT2D eigenvalue weighted by Crippen LogP contribution is -2.08. The summed E-state index contributed by atoms with van der Waals surface area (Å²) < 4.78 is 4.32. The number of hydrogen-bond acceptors (Lipinski definition) is 3. The molecule has 0 bridgehead atoms. The minimum Gasteiger partial charge on any atom is -0.236 e. The zero-order valence-electron chi connectivity index (χ0n) is 8.03. The van der Waals surface area contributed by atoms with E-state index in [-0.39, 0.29) is 5.41 Å². The van der Waals surface area contributed by atoms with Gasteiger partial charge < -0.3 is 0 Å². The normalized spacial score (nSPS) is 12.2. The molecule has 2 aromatic rings. The van der Waals surface area contributed by atoms with Crippen molar-refractivity contribution in [1.82, 2.24) is 9.36 Å². The van der Waals surface area contributed by atoms with Crippen LogP contribution in [0.3, 0.4) is 0 Å². The predicted molar refractivity (Wildman–Crippen MR) is 56.1 cm³/mol. The van der Waals surface area contributed by atoms with Gasteiger partial charge in [-0.2, -0.15) is 4.37 Å². The molecule has 0 aromatic carbocycles. The second-order valence-corrected chi connectivity index (χ2v) is 4.91. The first-order chi connectivity index (χ1) is 6.09. The zero-order chi connectivity index (χ0) is 9.47. The third-order valence-electron chi connectivity index (χ3n) is 1.94. The summed E-state index contributed by atoms with van der Waals surface area (Å²) in [4.78, 5) is 5.53. The van der Waals surface area contributed by atoms with Crippen LogP contribution in [0.5, 0.6) is 0 Å². The van der Waals surface area contributed by atoms with Gasteiger partial charge in [0.1, 0.15) is 0 Å². The standard InChI is InChI=1S/C10H12N2S/c1-10(2,3)8-7-5-4-6-11-9(7)12-13-8/h4-6H,1-3H3. The van der Waals surface area contributed by atoms with Crippen molar-refractivity contribution >= 4 is 22.6 Å². The van der Waals surface area contributed by atoms with E-state index in [4.69, 9.17) is 0 Å². The topological polar surface area (TPSA) is 25.8 Å². The van der Waals surface area contributed by atoms with Crippen LogP contribution >= 0.6 is 11.5 Å². The number of aromatic nitrogens is 2. The Balaban J connectivity index is 2.72. The van der Waals surface area contributed by atoms with E-state index < -0.39 is 0 Å². The summed E-state index contributed by atoms with van der Waals surface area (Å²) >= 11 is 1.56. The minimum absolute atomic E-state index is 0.169. The van der Waals surface area contributed by atoms with Crippen molar-refractivity contribution in [2.45, 2.75) is 26.2 Å². The Bertz CT molecular complexity index is 426. The quantitative estimate of drug-likeness (QED) is 0.641. The van der Waals surface area contributed by atoms with Crippen molar-refractivity contribution in [3.8, 4) is 0 Å². The molecule has 0 saturated carbocycles. The number of nitrogens with zero attached hydrogens (tertiary/aromatic N) is 2. The number of rotatable bonds is 0. The molecule has 0 N–H and O–H groups in total. The third kappa shape index (κ3) is 1.44. The molecule has 2 nitrogen and oxygen atoms in total. The SMILES string of the molecule is CC(C)(C)c1snc2ncccc12. The molecule has 0 saturated heterocycles. The zero-order valence-corrected chi connectivity index (χ0v) is 8.85. The second kappa shape index (κ2) is 2.77. The molecule has 2 rings (SSSR count). The summed E-state index contributed by atoms with van der Waals surface area (Å²) in [7, 11) is 0. The number of fused-ring (bicyclic) bond motifs is 1. The fourth-order valence-corrected chi connectivity index (χ4v) is 2.18. The molecule has 0 atom stereocenters. The second-order valence-electron chi connectivity index (χ2n) is 4.14. The Morgan fingerprint density at radius 3 is 2.77 bits per heavy atom. The van der Waals surface area contributed by atoms with Crippen molar-refractivity contribution in [3.63, 3.8) is 0 Å². The summed E-state index contributed by atoms with van der Waals surface area (Å²) in [6.45, 7) is 6.60. The predicted octanol–water partition coefficient (Wildman–Crippen LogP) is 2.99. The molecule has 2 aromatic heterocycles. The van der Waals surface area contributed by atoms with Crippen LogP contribution in [0.1, 0.15) is 25.6 Å². The maximum atomic E-state index is 4.32. The van der Waals surface area contributed by atoms with E-state index in [2.05, 4.69) is 36.2 Å². The van der Waals surface area contributed by atoms with Gasteiger partial charge in [0.15, 0.2) is 5.65 Å². The molecular weight excluding hydrogens is 180 g/mol. The van der Waals surface area contributed by atoms with Gasteiger partial charge in [-0.3, -0.25) is 0 Å². The van der Waals surface area contributed by atoms with Crippen molar-refractivity contribution < 1.29 is 0 Å². The van der Waals surface area contributed by atoms with Crippen LogP contribution < -0.4 is 0 Å². The molecule has 3 heteroatoms. The van der Waals surface area contributed by atoms with E-state index in [9.17, 15) is 0 Å². The van der Waals surface area contributed by atoms with Crippen molar-refractivity contribution in [1.29, 1.82) is 0 Å².